The highest BCUT2D eigenvalue weighted by Gasteiger charge is 2.08. The molecule has 2 amide bonds. The number of carbonyl (C=O) groups excluding carboxylic acids is 1. The van der Waals surface area contributed by atoms with Crippen LogP contribution in [0.25, 0.3) is 0 Å². The van der Waals surface area contributed by atoms with E-state index in [0.29, 0.717) is 17.2 Å². The third-order valence-electron chi connectivity index (χ3n) is 3.64. The molecule has 0 aliphatic heterocycles. The second-order valence-electron chi connectivity index (χ2n) is 5.42. The Balaban J connectivity index is 1.95. The smallest absolute Gasteiger partial charge is 0.319 e. The maximum Gasteiger partial charge on any atom is 0.319 e. The summed E-state index contributed by atoms with van der Waals surface area (Å²) in [5.41, 5.74) is 6.15. The summed E-state index contributed by atoms with van der Waals surface area (Å²) < 4.78 is 18.9. The van der Waals surface area contributed by atoms with E-state index in [-0.39, 0.29) is 17.8 Å². The van der Waals surface area contributed by atoms with Crippen LogP contribution in [-0.4, -0.2) is 12.1 Å². The van der Waals surface area contributed by atoms with E-state index in [1.807, 2.05) is 13.8 Å². The van der Waals surface area contributed by atoms with Gasteiger partial charge in [0.2, 0.25) is 0 Å². The maximum atomic E-state index is 13.4. The summed E-state index contributed by atoms with van der Waals surface area (Å²) in [5, 5.41) is 5.66. The van der Waals surface area contributed by atoms with E-state index in [1.54, 1.807) is 30.3 Å². The van der Waals surface area contributed by atoms with Crippen LogP contribution in [0.15, 0.2) is 42.5 Å². The minimum Gasteiger partial charge on any atom is -0.457 e. The first-order valence-corrected chi connectivity index (χ1v) is 7.92. The summed E-state index contributed by atoms with van der Waals surface area (Å²) in [5.74, 6) is 0.364. The predicted molar refractivity (Wildman–Crippen MR) is 93.9 cm³/mol. The molecule has 0 heterocycles. The Morgan fingerprint density at radius 1 is 1.12 bits per heavy atom. The average Bonchev–Trinajstić information content (AvgIpc) is 2.58. The first kappa shape index (κ1) is 17.6. The highest BCUT2D eigenvalue weighted by molar-refractivity contribution is 5.89. The molecule has 24 heavy (non-hydrogen) atoms. The van der Waals surface area contributed by atoms with Gasteiger partial charge in [-0.3, -0.25) is 0 Å². The molecule has 2 rings (SSSR count). The van der Waals surface area contributed by atoms with Crippen LogP contribution in [0.3, 0.4) is 0 Å². The zero-order chi connectivity index (χ0) is 17.5. The lowest BCUT2D eigenvalue weighted by molar-refractivity contribution is 0.247. The van der Waals surface area contributed by atoms with Gasteiger partial charge < -0.3 is 21.1 Å². The SMILES string of the molecule is CCC(CC)NC(=O)Nc1ccc(Oc2ccc(N)c(F)c2)cc1. The number of rotatable bonds is 6. The molecule has 0 saturated heterocycles. The lowest BCUT2D eigenvalue weighted by atomic mass is 10.2. The number of nitrogen functional groups attached to an aromatic ring is 1. The van der Waals surface area contributed by atoms with E-state index >= 15 is 0 Å². The van der Waals surface area contributed by atoms with Gasteiger partial charge in [0.05, 0.1) is 5.69 Å². The highest BCUT2D eigenvalue weighted by Crippen LogP contribution is 2.25. The Morgan fingerprint density at radius 3 is 2.33 bits per heavy atom. The Bertz CT molecular complexity index is 685. The molecule has 0 spiro atoms. The fraction of sp³-hybridized carbons (Fsp3) is 0.278. The zero-order valence-electron chi connectivity index (χ0n) is 13.8. The number of ether oxygens (including phenoxy) is 1. The number of halogens is 1. The zero-order valence-corrected chi connectivity index (χ0v) is 13.8. The minimum atomic E-state index is -0.524. The van der Waals surface area contributed by atoms with Crippen LogP contribution in [0.1, 0.15) is 26.7 Å². The van der Waals surface area contributed by atoms with E-state index in [1.165, 1.54) is 12.1 Å². The quantitative estimate of drug-likeness (QED) is 0.682. The molecule has 0 bridgehead atoms. The van der Waals surface area contributed by atoms with Crippen molar-refractivity contribution in [1.82, 2.24) is 5.32 Å². The molecule has 5 nitrogen and oxygen atoms in total. The Hall–Kier alpha value is -2.76. The molecular weight excluding hydrogens is 309 g/mol. The summed E-state index contributed by atoms with van der Waals surface area (Å²) in [7, 11) is 0. The fourth-order valence-corrected chi connectivity index (χ4v) is 2.16. The fourth-order valence-electron chi connectivity index (χ4n) is 2.16. The number of nitrogens with two attached hydrogens (primary N) is 1. The van der Waals surface area contributed by atoms with Crippen LogP contribution >= 0.6 is 0 Å². The van der Waals surface area contributed by atoms with Gasteiger partial charge in [0.25, 0.3) is 0 Å². The summed E-state index contributed by atoms with van der Waals surface area (Å²) in [6.07, 6.45) is 1.77. The molecule has 4 N–H and O–H groups in total. The third kappa shape index (κ3) is 4.87. The number of anilines is 2. The number of urea groups is 1. The van der Waals surface area contributed by atoms with Gasteiger partial charge >= 0.3 is 6.03 Å². The van der Waals surface area contributed by atoms with Crippen molar-refractivity contribution in [3.8, 4) is 11.5 Å². The summed E-state index contributed by atoms with van der Waals surface area (Å²) in [6.45, 7) is 4.06. The van der Waals surface area contributed by atoms with E-state index in [4.69, 9.17) is 10.5 Å². The van der Waals surface area contributed by atoms with Crippen LogP contribution < -0.4 is 21.1 Å². The maximum absolute atomic E-state index is 13.4. The second kappa shape index (κ2) is 8.19. The van der Waals surface area contributed by atoms with Crippen LogP contribution in [0.2, 0.25) is 0 Å². The number of hydrogen-bond acceptors (Lipinski definition) is 3. The van der Waals surface area contributed by atoms with Crippen molar-refractivity contribution < 1.29 is 13.9 Å². The Kier molecular flexibility index (Phi) is 6.01. The standard InChI is InChI=1S/C18H22FN3O2/c1-3-12(4-2)21-18(23)22-13-5-7-14(8-6-13)24-15-9-10-17(20)16(19)11-15/h5-12H,3-4,20H2,1-2H3,(H2,21,22,23). The summed E-state index contributed by atoms with van der Waals surface area (Å²) >= 11 is 0. The van der Waals surface area contributed by atoms with E-state index in [9.17, 15) is 9.18 Å². The largest absolute Gasteiger partial charge is 0.457 e. The lowest BCUT2D eigenvalue weighted by Gasteiger charge is -2.15. The Morgan fingerprint density at radius 2 is 1.75 bits per heavy atom. The second-order valence-corrected chi connectivity index (χ2v) is 5.42. The molecule has 6 heteroatoms. The van der Waals surface area contributed by atoms with E-state index in [2.05, 4.69) is 10.6 Å². The highest BCUT2D eigenvalue weighted by atomic mass is 19.1. The molecule has 0 atom stereocenters. The molecule has 0 unspecified atom stereocenters. The van der Waals surface area contributed by atoms with Gasteiger partial charge in [0, 0.05) is 17.8 Å². The van der Waals surface area contributed by atoms with Gasteiger partial charge in [0.1, 0.15) is 17.3 Å². The van der Waals surface area contributed by atoms with Crippen molar-refractivity contribution in [3.63, 3.8) is 0 Å². The van der Waals surface area contributed by atoms with Crippen LogP contribution in [0, 0.1) is 5.82 Å². The monoisotopic (exact) mass is 331 g/mol. The molecule has 0 radical (unpaired) electrons. The predicted octanol–water partition coefficient (Wildman–Crippen LogP) is 4.51. The van der Waals surface area contributed by atoms with Gasteiger partial charge in [-0.1, -0.05) is 13.8 Å². The number of carbonyl (C=O) groups is 1. The number of benzene rings is 2. The van der Waals surface area contributed by atoms with E-state index in [0.717, 1.165) is 12.8 Å². The molecule has 0 aliphatic carbocycles. The molecule has 2 aromatic carbocycles. The van der Waals surface area contributed by atoms with Crippen LogP contribution in [0.5, 0.6) is 11.5 Å². The molecule has 0 aliphatic rings. The molecular formula is C18H22FN3O2. The number of amides is 2. The van der Waals surface area contributed by atoms with Gasteiger partial charge in [-0.15, -0.1) is 0 Å². The lowest BCUT2D eigenvalue weighted by Crippen LogP contribution is -2.37. The van der Waals surface area contributed by atoms with Crippen molar-refractivity contribution in [3.05, 3.63) is 48.3 Å². The molecule has 0 fully saturated rings. The van der Waals surface area contributed by atoms with Crippen molar-refractivity contribution in [2.24, 2.45) is 0 Å². The van der Waals surface area contributed by atoms with E-state index < -0.39 is 5.82 Å². The molecule has 2 aromatic rings. The molecule has 128 valence electrons. The minimum absolute atomic E-state index is 0.0744. The van der Waals surface area contributed by atoms with Crippen molar-refractivity contribution in [1.29, 1.82) is 0 Å². The third-order valence-corrected chi connectivity index (χ3v) is 3.64. The van der Waals surface area contributed by atoms with Gasteiger partial charge in [-0.25, -0.2) is 9.18 Å². The summed E-state index contributed by atoms with van der Waals surface area (Å²) in [4.78, 5) is 11.9. The molecule has 0 aromatic heterocycles. The van der Waals surface area contributed by atoms with Crippen molar-refractivity contribution >= 4 is 17.4 Å². The van der Waals surface area contributed by atoms with Gasteiger partial charge in [0.15, 0.2) is 0 Å². The normalized spacial score (nSPS) is 10.5. The van der Waals surface area contributed by atoms with Gasteiger partial charge in [-0.2, -0.15) is 0 Å². The van der Waals surface area contributed by atoms with Crippen LogP contribution in [-0.2, 0) is 0 Å². The topological polar surface area (TPSA) is 76.4 Å². The molecule has 0 saturated carbocycles. The van der Waals surface area contributed by atoms with Crippen molar-refractivity contribution in [2.45, 2.75) is 32.7 Å². The van der Waals surface area contributed by atoms with Crippen LogP contribution in [0.4, 0.5) is 20.6 Å². The first-order valence-electron chi connectivity index (χ1n) is 7.92. The average molecular weight is 331 g/mol. The first-order chi connectivity index (χ1) is 11.5. The number of nitrogens with one attached hydrogen (secondary N) is 2. The van der Waals surface area contributed by atoms with Gasteiger partial charge in [-0.05, 0) is 49.2 Å². The number of hydrogen-bond donors (Lipinski definition) is 3. The van der Waals surface area contributed by atoms with Crippen molar-refractivity contribution in [2.75, 3.05) is 11.1 Å². The summed E-state index contributed by atoms with van der Waals surface area (Å²) in [6, 6.07) is 11.0. The Labute approximate surface area is 141 Å².